The van der Waals surface area contributed by atoms with Gasteiger partial charge in [0.1, 0.15) is 0 Å². The first-order valence-corrected chi connectivity index (χ1v) is 3.53. The lowest BCUT2D eigenvalue weighted by molar-refractivity contribution is 1.54. The summed E-state index contributed by atoms with van der Waals surface area (Å²) in [6, 6.07) is 11.7. The zero-order valence-corrected chi connectivity index (χ0v) is 8.13. The smallest absolute Gasteiger partial charge is 0.0905 e. The normalized spacial score (nSPS) is 6.38. The van der Waals surface area contributed by atoms with Crippen molar-refractivity contribution in [2.24, 2.45) is 0 Å². The van der Waals surface area contributed by atoms with Gasteiger partial charge in [0.15, 0.2) is 0 Å². The van der Waals surface area contributed by atoms with Crippen LogP contribution in [-0.2, 0) is 0 Å². The second-order valence-electron chi connectivity index (χ2n) is 1.95. The Morgan fingerprint density at radius 2 is 1.62 bits per heavy atom. The lowest BCUT2D eigenvalue weighted by Crippen LogP contribution is -1.63. The van der Waals surface area contributed by atoms with Crippen LogP contribution >= 0.6 is 12.4 Å². The summed E-state index contributed by atoms with van der Waals surface area (Å²) < 4.78 is 0. The van der Waals surface area contributed by atoms with E-state index in [9.17, 15) is 0 Å². The molecule has 0 heterocycles. The van der Waals surface area contributed by atoms with Crippen molar-refractivity contribution >= 4 is 18.5 Å². The molecule has 0 radical (unpaired) electrons. The van der Waals surface area contributed by atoms with Gasteiger partial charge >= 0.3 is 0 Å². The lowest BCUT2D eigenvalue weighted by atomic mass is 10.2. The summed E-state index contributed by atoms with van der Waals surface area (Å²) >= 11 is 0. The number of allylic oxidation sites excluding steroid dienone is 1. The van der Waals surface area contributed by atoms with Gasteiger partial charge in [-0.2, -0.15) is 5.26 Å². The molecule has 1 aromatic rings. The van der Waals surface area contributed by atoms with E-state index in [1.54, 1.807) is 6.07 Å². The van der Waals surface area contributed by atoms with E-state index in [2.05, 4.69) is 13.2 Å². The summed E-state index contributed by atoms with van der Waals surface area (Å²) in [4.78, 5) is 0. The highest BCUT2D eigenvalue weighted by Crippen LogP contribution is 1.97. The van der Waals surface area contributed by atoms with Crippen LogP contribution in [0.2, 0.25) is 0 Å². The van der Waals surface area contributed by atoms with Gasteiger partial charge in [-0.25, -0.2) is 0 Å². The predicted molar refractivity (Wildman–Crippen MR) is 59.6 cm³/mol. The average Bonchev–Trinajstić information content (AvgIpc) is 2.19. The van der Waals surface area contributed by atoms with Gasteiger partial charge in [-0.3, -0.25) is 0 Å². The molecular weight excluding hydrogens is 182 g/mol. The zero-order valence-electron chi connectivity index (χ0n) is 7.31. The lowest BCUT2D eigenvalue weighted by Gasteiger charge is -1.85. The highest BCUT2D eigenvalue weighted by atomic mass is 35.5. The third-order valence-corrected chi connectivity index (χ3v) is 1.13. The molecule has 0 fully saturated rings. The van der Waals surface area contributed by atoms with Crippen LogP contribution in [0.4, 0.5) is 0 Å². The van der Waals surface area contributed by atoms with Crippen molar-refractivity contribution < 1.29 is 0 Å². The molecule has 0 spiro atoms. The Morgan fingerprint density at radius 3 is 1.85 bits per heavy atom. The molecule has 68 valence electrons. The number of nitriles is 1. The third kappa shape index (κ3) is 8.39. The first-order valence-electron chi connectivity index (χ1n) is 3.53. The molecule has 0 N–H and O–H groups in total. The fourth-order valence-corrected chi connectivity index (χ4v) is 0.589. The maximum Gasteiger partial charge on any atom is 0.0905 e. The summed E-state index contributed by atoms with van der Waals surface area (Å²) in [7, 11) is 0. The van der Waals surface area contributed by atoms with Crippen LogP contribution in [0, 0.1) is 11.3 Å². The number of hydrogen-bond acceptors (Lipinski definition) is 1. The SMILES string of the molecule is C=CC#N.C=Cc1ccccc1.Cl. The van der Waals surface area contributed by atoms with E-state index < -0.39 is 0 Å². The molecule has 1 rings (SSSR count). The molecule has 0 aromatic heterocycles. The van der Waals surface area contributed by atoms with Crippen LogP contribution in [0.25, 0.3) is 6.08 Å². The molecule has 0 aliphatic heterocycles. The van der Waals surface area contributed by atoms with Crippen LogP contribution in [0.15, 0.2) is 49.6 Å². The highest BCUT2D eigenvalue weighted by Gasteiger charge is 1.75. The van der Waals surface area contributed by atoms with Gasteiger partial charge in [0.25, 0.3) is 0 Å². The number of nitrogens with zero attached hydrogens (tertiary/aromatic N) is 1. The first kappa shape index (κ1) is 14.0. The van der Waals surface area contributed by atoms with Crippen molar-refractivity contribution in [3.05, 3.63) is 55.1 Å². The minimum absolute atomic E-state index is 0. The Balaban J connectivity index is 0. The largest absolute Gasteiger partial charge is 0.193 e. The minimum atomic E-state index is 0. The fraction of sp³-hybridized carbons (Fsp3) is 0. The van der Waals surface area contributed by atoms with E-state index in [-0.39, 0.29) is 12.4 Å². The molecule has 0 saturated carbocycles. The standard InChI is InChI=1S/C8H8.C3H3N.ClH/c1-2-8-6-4-3-5-7-8;1-2-3-4;/h2-7H,1H2;2H,1H2;1H. The molecule has 0 unspecified atom stereocenters. The average molecular weight is 194 g/mol. The van der Waals surface area contributed by atoms with Crippen molar-refractivity contribution in [3.63, 3.8) is 0 Å². The maximum atomic E-state index is 7.51. The van der Waals surface area contributed by atoms with Crippen LogP contribution in [0.1, 0.15) is 5.56 Å². The molecular formula is C11H12ClN. The Hall–Kier alpha value is -1.52. The van der Waals surface area contributed by atoms with Crippen LogP contribution < -0.4 is 0 Å². The van der Waals surface area contributed by atoms with Crippen molar-refractivity contribution in [3.8, 4) is 6.07 Å². The van der Waals surface area contributed by atoms with E-state index in [0.717, 1.165) is 0 Å². The molecule has 2 heteroatoms. The minimum Gasteiger partial charge on any atom is -0.193 e. The summed E-state index contributed by atoms with van der Waals surface area (Å²) in [6.07, 6.45) is 3.01. The summed E-state index contributed by atoms with van der Waals surface area (Å²) in [5.74, 6) is 0. The first-order chi connectivity index (χ1) is 5.85. The van der Waals surface area contributed by atoms with E-state index in [0.29, 0.717) is 0 Å². The third-order valence-electron chi connectivity index (χ3n) is 1.13. The van der Waals surface area contributed by atoms with Crippen molar-refractivity contribution in [2.45, 2.75) is 0 Å². The van der Waals surface area contributed by atoms with Gasteiger partial charge in [0.2, 0.25) is 0 Å². The zero-order chi connectivity index (χ0) is 9.23. The second-order valence-corrected chi connectivity index (χ2v) is 1.95. The molecule has 0 saturated heterocycles. The molecule has 1 aromatic carbocycles. The summed E-state index contributed by atoms with van der Waals surface area (Å²) in [6.45, 7) is 6.75. The van der Waals surface area contributed by atoms with Gasteiger partial charge in [0, 0.05) is 6.08 Å². The summed E-state index contributed by atoms with van der Waals surface area (Å²) in [5, 5.41) is 7.51. The number of hydrogen-bond donors (Lipinski definition) is 0. The number of halogens is 1. The topological polar surface area (TPSA) is 23.8 Å². The molecule has 0 bridgehead atoms. The monoisotopic (exact) mass is 193 g/mol. The molecule has 13 heavy (non-hydrogen) atoms. The summed E-state index contributed by atoms with van der Waals surface area (Å²) in [5.41, 5.74) is 1.17. The van der Waals surface area contributed by atoms with Crippen LogP contribution in [0.5, 0.6) is 0 Å². The van der Waals surface area contributed by atoms with Gasteiger partial charge in [-0.15, -0.1) is 12.4 Å². The number of rotatable bonds is 1. The maximum absolute atomic E-state index is 7.51. The number of benzene rings is 1. The van der Waals surface area contributed by atoms with Gasteiger partial charge < -0.3 is 0 Å². The Labute approximate surface area is 85.4 Å². The van der Waals surface area contributed by atoms with Crippen LogP contribution in [-0.4, -0.2) is 0 Å². The second kappa shape index (κ2) is 10.5. The molecule has 0 aliphatic rings. The molecule has 0 aliphatic carbocycles. The molecule has 1 nitrogen and oxygen atoms in total. The van der Waals surface area contributed by atoms with Crippen molar-refractivity contribution in [1.29, 1.82) is 5.26 Å². The van der Waals surface area contributed by atoms with Crippen molar-refractivity contribution in [1.82, 2.24) is 0 Å². The predicted octanol–water partition coefficient (Wildman–Crippen LogP) is 3.45. The fourth-order valence-electron chi connectivity index (χ4n) is 0.589. The molecule has 0 atom stereocenters. The van der Waals surface area contributed by atoms with E-state index in [1.165, 1.54) is 11.6 Å². The Kier molecular flexibility index (Phi) is 11.3. The van der Waals surface area contributed by atoms with Gasteiger partial charge in [-0.05, 0) is 5.56 Å². The Bertz CT molecular complexity index is 272. The van der Waals surface area contributed by atoms with Crippen molar-refractivity contribution in [2.75, 3.05) is 0 Å². The quantitative estimate of drug-likeness (QED) is 0.627. The Morgan fingerprint density at radius 1 is 1.15 bits per heavy atom. The van der Waals surface area contributed by atoms with Gasteiger partial charge in [-0.1, -0.05) is 49.6 Å². The van der Waals surface area contributed by atoms with E-state index in [1.807, 2.05) is 36.4 Å². The van der Waals surface area contributed by atoms with Gasteiger partial charge in [0.05, 0.1) is 6.07 Å². The molecule has 0 amide bonds. The van der Waals surface area contributed by atoms with Crippen LogP contribution in [0.3, 0.4) is 0 Å². The van der Waals surface area contributed by atoms with E-state index in [4.69, 9.17) is 5.26 Å². The van der Waals surface area contributed by atoms with E-state index >= 15 is 0 Å². The highest BCUT2D eigenvalue weighted by molar-refractivity contribution is 5.85.